The highest BCUT2D eigenvalue weighted by Gasteiger charge is 2.35. The van der Waals surface area contributed by atoms with Gasteiger partial charge in [0.15, 0.2) is 10.6 Å². The summed E-state index contributed by atoms with van der Waals surface area (Å²) >= 11 is 6.82. The van der Waals surface area contributed by atoms with Crippen LogP contribution in [0.3, 0.4) is 0 Å². The predicted molar refractivity (Wildman–Crippen MR) is 98.7 cm³/mol. The molecule has 1 aromatic carbocycles. The van der Waals surface area contributed by atoms with Gasteiger partial charge >= 0.3 is 0 Å². The van der Waals surface area contributed by atoms with Crippen LogP contribution in [0.1, 0.15) is 31.7 Å². The van der Waals surface area contributed by atoms with Crippen molar-refractivity contribution in [1.29, 1.82) is 0 Å². The lowest BCUT2D eigenvalue weighted by atomic mass is 10.2. The first-order chi connectivity index (χ1) is 12.0. The summed E-state index contributed by atoms with van der Waals surface area (Å²) in [7, 11) is 2.02. The fourth-order valence-corrected chi connectivity index (χ4v) is 3.95. The van der Waals surface area contributed by atoms with E-state index in [1.807, 2.05) is 20.0 Å². The number of carbonyl (C=O) groups excluding carboxylic acids is 1. The maximum absolute atomic E-state index is 13.3. The molecule has 1 heterocycles. The molecule has 1 aliphatic carbocycles. The lowest BCUT2D eigenvalue weighted by molar-refractivity contribution is -0.917. The maximum Gasteiger partial charge on any atom is 0.228 e. The van der Waals surface area contributed by atoms with Crippen LogP contribution in [-0.2, 0) is 18.0 Å². The quantitative estimate of drug-likeness (QED) is 0.749. The van der Waals surface area contributed by atoms with Gasteiger partial charge in [-0.3, -0.25) is 9.69 Å². The molecule has 0 saturated heterocycles. The standard InChI is InChI=1S/C17H21FN4OS2/c1-3-15(23)22(14-7-8-14)16-19-21(17(24)25-16)11-20(2)10-12-5-4-6-13(18)9-12/h4-6,9,14H,3,7-8,10-11H2,1-2H3/p+1. The number of carbonyl (C=O) groups is 1. The number of halogens is 1. The number of nitrogens with one attached hydrogen (secondary N) is 1. The van der Waals surface area contributed by atoms with Crippen molar-refractivity contribution in [2.45, 2.75) is 45.4 Å². The minimum absolute atomic E-state index is 0.0962. The van der Waals surface area contributed by atoms with E-state index in [2.05, 4.69) is 5.10 Å². The van der Waals surface area contributed by atoms with Crippen LogP contribution in [0.2, 0.25) is 0 Å². The second kappa shape index (κ2) is 7.72. The molecule has 1 saturated carbocycles. The SMILES string of the molecule is CCC(=O)N(c1nn(C[NH+](C)Cc2cccc(F)c2)c(=S)s1)C1CC1. The minimum atomic E-state index is -0.226. The fourth-order valence-electron chi connectivity index (χ4n) is 2.77. The lowest BCUT2D eigenvalue weighted by Crippen LogP contribution is -3.07. The van der Waals surface area contributed by atoms with Crippen molar-refractivity contribution < 1.29 is 14.1 Å². The molecule has 1 N–H and O–H groups in total. The number of aromatic nitrogens is 2. The number of rotatable bonds is 7. The summed E-state index contributed by atoms with van der Waals surface area (Å²) in [5.41, 5.74) is 0.931. The van der Waals surface area contributed by atoms with Crippen molar-refractivity contribution in [1.82, 2.24) is 9.78 Å². The van der Waals surface area contributed by atoms with Crippen LogP contribution in [-0.4, -0.2) is 28.8 Å². The minimum Gasteiger partial charge on any atom is -0.315 e. The van der Waals surface area contributed by atoms with Crippen molar-refractivity contribution in [2.75, 3.05) is 11.9 Å². The molecule has 1 aromatic heterocycles. The molecule has 0 spiro atoms. The first-order valence-corrected chi connectivity index (χ1v) is 9.66. The molecule has 0 aliphatic heterocycles. The molecule has 1 amide bonds. The van der Waals surface area contributed by atoms with Gasteiger partial charge in [0.25, 0.3) is 0 Å². The zero-order valence-corrected chi connectivity index (χ0v) is 16.0. The number of quaternary nitrogens is 1. The van der Waals surface area contributed by atoms with Gasteiger partial charge in [-0.15, -0.1) is 5.10 Å². The van der Waals surface area contributed by atoms with Crippen LogP contribution in [0, 0.1) is 9.77 Å². The highest BCUT2D eigenvalue weighted by Crippen LogP contribution is 2.33. The number of anilines is 1. The number of benzene rings is 1. The van der Waals surface area contributed by atoms with Crippen molar-refractivity contribution in [3.63, 3.8) is 0 Å². The Balaban J connectivity index is 1.71. The molecule has 8 heteroatoms. The van der Waals surface area contributed by atoms with E-state index in [9.17, 15) is 9.18 Å². The number of hydrogen-bond donors (Lipinski definition) is 1. The third-order valence-electron chi connectivity index (χ3n) is 4.10. The van der Waals surface area contributed by atoms with Crippen molar-refractivity contribution in [3.8, 4) is 0 Å². The molecule has 0 bridgehead atoms. The van der Waals surface area contributed by atoms with Gasteiger partial charge in [-0.05, 0) is 37.2 Å². The monoisotopic (exact) mass is 381 g/mol. The van der Waals surface area contributed by atoms with E-state index in [0.717, 1.165) is 23.3 Å². The van der Waals surface area contributed by atoms with Crippen LogP contribution in [0.25, 0.3) is 0 Å². The summed E-state index contributed by atoms with van der Waals surface area (Å²) in [4.78, 5) is 15.2. The van der Waals surface area contributed by atoms with Crippen LogP contribution < -0.4 is 9.80 Å². The smallest absolute Gasteiger partial charge is 0.228 e. The molecule has 3 rings (SSSR count). The van der Waals surface area contributed by atoms with E-state index in [1.54, 1.807) is 21.7 Å². The van der Waals surface area contributed by atoms with E-state index in [1.165, 1.54) is 17.4 Å². The summed E-state index contributed by atoms with van der Waals surface area (Å²) in [5, 5.41) is 5.27. The Hall–Kier alpha value is -1.64. The highest BCUT2D eigenvalue weighted by molar-refractivity contribution is 7.73. The molecule has 1 fully saturated rings. The first kappa shape index (κ1) is 18.2. The number of nitrogens with zero attached hydrogens (tertiary/aromatic N) is 3. The van der Waals surface area contributed by atoms with E-state index in [0.29, 0.717) is 28.7 Å². The third kappa shape index (κ3) is 4.50. The topological polar surface area (TPSA) is 42.6 Å². The average molecular weight is 382 g/mol. The largest absolute Gasteiger partial charge is 0.315 e. The van der Waals surface area contributed by atoms with Crippen LogP contribution >= 0.6 is 23.6 Å². The Bertz CT molecular complexity index is 815. The zero-order chi connectivity index (χ0) is 18.0. The summed E-state index contributed by atoms with van der Waals surface area (Å²) in [6.07, 6.45) is 2.53. The maximum atomic E-state index is 13.3. The zero-order valence-electron chi connectivity index (χ0n) is 14.4. The molecule has 2 aromatic rings. The highest BCUT2D eigenvalue weighted by atomic mass is 32.1. The molecular formula is C17H22FN4OS2+. The predicted octanol–water partition coefficient (Wildman–Crippen LogP) is 2.39. The second-order valence-corrected chi connectivity index (χ2v) is 8.02. The van der Waals surface area contributed by atoms with Gasteiger partial charge < -0.3 is 4.90 Å². The molecule has 0 radical (unpaired) electrons. The number of hydrogen-bond acceptors (Lipinski definition) is 4. The molecule has 134 valence electrons. The van der Waals surface area contributed by atoms with Crippen molar-refractivity contribution in [2.24, 2.45) is 0 Å². The second-order valence-electron chi connectivity index (χ2n) is 6.42. The van der Waals surface area contributed by atoms with Crippen LogP contribution in [0.5, 0.6) is 0 Å². The van der Waals surface area contributed by atoms with Gasteiger partial charge in [0.2, 0.25) is 11.0 Å². The van der Waals surface area contributed by atoms with E-state index in [-0.39, 0.29) is 17.8 Å². The van der Waals surface area contributed by atoms with Crippen LogP contribution in [0.15, 0.2) is 24.3 Å². The summed E-state index contributed by atoms with van der Waals surface area (Å²) in [5.74, 6) is -0.130. The Morgan fingerprint density at radius 1 is 1.52 bits per heavy atom. The van der Waals surface area contributed by atoms with Crippen molar-refractivity contribution >= 4 is 34.6 Å². The summed E-state index contributed by atoms with van der Waals surface area (Å²) in [6, 6.07) is 6.89. The van der Waals surface area contributed by atoms with Crippen molar-refractivity contribution in [3.05, 3.63) is 39.6 Å². The van der Waals surface area contributed by atoms with E-state index < -0.39 is 0 Å². The molecule has 1 atom stereocenters. The molecule has 5 nitrogen and oxygen atoms in total. The molecular weight excluding hydrogens is 359 g/mol. The van der Waals surface area contributed by atoms with Crippen LogP contribution in [0.4, 0.5) is 9.52 Å². The van der Waals surface area contributed by atoms with Gasteiger partial charge in [-0.25, -0.2) is 4.39 Å². The average Bonchev–Trinajstić information content (AvgIpc) is 3.32. The van der Waals surface area contributed by atoms with Gasteiger partial charge in [0, 0.05) is 18.0 Å². The molecule has 1 unspecified atom stereocenters. The lowest BCUT2D eigenvalue weighted by Gasteiger charge is -2.18. The van der Waals surface area contributed by atoms with Gasteiger partial charge in [-0.2, -0.15) is 4.68 Å². The van der Waals surface area contributed by atoms with Gasteiger partial charge in [0.1, 0.15) is 12.4 Å². The normalized spacial score (nSPS) is 15.2. The summed E-state index contributed by atoms with van der Waals surface area (Å²) in [6.45, 7) is 3.11. The van der Waals surface area contributed by atoms with Gasteiger partial charge in [0.05, 0.1) is 7.05 Å². The van der Waals surface area contributed by atoms with Gasteiger partial charge in [-0.1, -0.05) is 30.4 Å². The number of amides is 1. The Morgan fingerprint density at radius 3 is 2.92 bits per heavy atom. The first-order valence-electron chi connectivity index (χ1n) is 8.43. The Kier molecular flexibility index (Phi) is 5.61. The third-order valence-corrected chi connectivity index (χ3v) is 5.41. The Labute approximate surface area is 155 Å². The molecule has 1 aliphatic rings. The molecule has 25 heavy (non-hydrogen) atoms. The Morgan fingerprint density at radius 2 is 2.28 bits per heavy atom. The summed E-state index contributed by atoms with van der Waals surface area (Å²) < 4.78 is 15.7. The van der Waals surface area contributed by atoms with E-state index >= 15 is 0 Å². The van der Waals surface area contributed by atoms with E-state index in [4.69, 9.17) is 12.2 Å². The fraction of sp³-hybridized carbons (Fsp3) is 0.471.